The molecule has 1 aromatic heterocycles. The van der Waals surface area contributed by atoms with Crippen LogP contribution in [0.5, 0.6) is 5.75 Å². The SMILES string of the molecule is COc1ccccc1-n1c(SCC(=O)Nc2cccc(C(=O)O)c2)nnc1-c1ccccc1. The van der Waals surface area contributed by atoms with Crippen LogP contribution in [0.4, 0.5) is 5.69 Å². The van der Waals surface area contributed by atoms with Crippen LogP contribution in [0.25, 0.3) is 17.1 Å². The molecule has 0 atom stereocenters. The van der Waals surface area contributed by atoms with E-state index in [1.54, 1.807) is 19.2 Å². The topological polar surface area (TPSA) is 106 Å². The normalized spacial score (nSPS) is 10.6. The van der Waals surface area contributed by atoms with Gasteiger partial charge in [0.1, 0.15) is 5.75 Å². The maximum absolute atomic E-state index is 12.6. The molecule has 8 nitrogen and oxygen atoms in total. The lowest BCUT2D eigenvalue weighted by molar-refractivity contribution is -0.113. The molecule has 1 heterocycles. The fraction of sp³-hybridized carbons (Fsp3) is 0.0833. The maximum Gasteiger partial charge on any atom is 0.335 e. The molecular weight excluding hydrogens is 440 g/mol. The Morgan fingerprint density at radius 1 is 1.00 bits per heavy atom. The average molecular weight is 461 g/mol. The molecule has 0 bridgehead atoms. The number of nitrogens with zero attached hydrogens (tertiary/aromatic N) is 3. The number of ether oxygens (including phenoxy) is 1. The zero-order valence-corrected chi connectivity index (χ0v) is 18.5. The van der Waals surface area contributed by atoms with Crippen LogP contribution in [-0.2, 0) is 4.79 Å². The van der Waals surface area contributed by atoms with Crippen molar-refractivity contribution in [3.63, 3.8) is 0 Å². The van der Waals surface area contributed by atoms with Crippen LogP contribution in [0.3, 0.4) is 0 Å². The van der Waals surface area contributed by atoms with Gasteiger partial charge in [-0.05, 0) is 30.3 Å². The smallest absolute Gasteiger partial charge is 0.335 e. The Morgan fingerprint density at radius 3 is 2.52 bits per heavy atom. The second-order valence-corrected chi connectivity index (χ2v) is 7.84. The maximum atomic E-state index is 12.6. The van der Waals surface area contributed by atoms with E-state index in [4.69, 9.17) is 9.84 Å². The number of nitrogens with one attached hydrogen (secondary N) is 1. The van der Waals surface area contributed by atoms with Crippen molar-refractivity contribution in [1.29, 1.82) is 0 Å². The summed E-state index contributed by atoms with van der Waals surface area (Å²) in [6.07, 6.45) is 0. The molecule has 0 saturated carbocycles. The largest absolute Gasteiger partial charge is 0.495 e. The number of rotatable bonds is 8. The third-order valence-corrected chi connectivity index (χ3v) is 5.65. The van der Waals surface area contributed by atoms with Gasteiger partial charge in [0.2, 0.25) is 5.91 Å². The molecule has 0 aliphatic heterocycles. The Hall–Kier alpha value is -4.11. The van der Waals surface area contributed by atoms with Gasteiger partial charge in [-0.2, -0.15) is 0 Å². The Balaban J connectivity index is 1.60. The molecule has 0 unspecified atom stereocenters. The molecule has 33 heavy (non-hydrogen) atoms. The fourth-order valence-electron chi connectivity index (χ4n) is 3.23. The fourth-order valence-corrected chi connectivity index (χ4v) is 3.97. The molecule has 0 spiro atoms. The number of hydrogen-bond acceptors (Lipinski definition) is 6. The van der Waals surface area contributed by atoms with Crippen molar-refractivity contribution < 1.29 is 19.4 Å². The van der Waals surface area contributed by atoms with Crippen molar-refractivity contribution in [1.82, 2.24) is 14.8 Å². The van der Waals surface area contributed by atoms with Crippen molar-refractivity contribution >= 4 is 29.3 Å². The van der Waals surface area contributed by atoms with Crippen LogP contribution < -0.4 is 10.1 Å². The lowest BCUT2D eigenvalue weighted by atomic mass is 10.2. The van der Waals surface area contributed by atoms with Crippen LogP contribution >= 0.6 is 11.8 Å². The number of carbonyl (C=O) groups is 2. The summed E-state index contributed by atoms with van der Waals surface area (Å²) in [6.45, 7) is 0. The van der Waals surface area contributed by atoms with Crippen LogP contribution in [0.1, 0.15) is 10.4 Å². The van der Waals surface area contributed by atoms with Gasteiger partial charge >= 0.3 is 5.97 Å². The highest BCUT2D eigenvalue weighted by Gasteiger charge is 2.19. The lowest BCUT2D eigenvalue weighted by Crippen LogP contribution is -2.15. The van der Waals surface area contributed by atoms with Crippen molar-refractivity contribution in [2.45, 2.75) is 5.16 Å². The van der Waals surface area contributed by atoms with Crippen LogP contribution in [-0.4, -0.2) is 44.6 Å². The Morgan fingerprint density at radius 2 is 1.76 bits per heavy atom. The van der Waals surface area contributed by atoms with E-state index in [2.05, 4.69) is 15.5 Å². The van der Waals surface area contributed by atoms with Crippen LogP contribution in [0.15, 0.2) is 84.0 Å². The van der Waals surface area contributed by atoms with E-state index in [0.29, 0.717) is 22.4 Å². The van der Waals surface area contributed by atoms with E-state index in [-0.39, 0.29) is 17.2 Å². The van der Waals surface area contributed by atoms with Gasteiger partial charge in [-0.25, -0.2) is 4.79 Å². The second-order valence-electron chi connectivity index (χ2n) is 6.90. The number of methoxy groups -OCH3 is 1. The quantitative estimate of drug-likeness (QED) is 0.376. The highest BCUT2D eigenvalue weighted by Crippen LogP contribution is 2.32. The number of hydrogen-bond donors (Lipinski definition) is 2. The highest BCUT2D eigenvalue weighted by atomic mass is 32.2. The van der Waals surface area contributed by atoms with E-state index in [9.17, 15) is 9.59 Å². The molecule has 0 aliphatic carbocycles. The number of carboxylic acids is 1. The number of benzene rings is 3. The first-order valence-corrected chi connectivity index (χ1v) is 11.0. The van der Waals surface area contributed by atoms with Crippen molar-refractivity contribution in [2.24, 2.45) is 0 Å². The number of para-hydroxylation sites is 2. The second kappa shape index (κ2) is 10.0. The van der Waals surface area contributed by atoms with Crippen molar-refractivity contribution in [3.05, 3.63) is 84.4 Å². The molecule has 3 aromatic carbocycles. The summed E-state index contributed by atoms with van der Waals surface area (Å²) in [4.78, 5) is 23.7. The Labute approximate surface area is 194 Å². The Kier molecular flexibility index (Phi) is 6.70. The summed E-state index contributed by atoms with van der Waals surface area (Å²) < 4.78 is 7.40. The summed E-state index contributed by atoms with van der Waals surface area (Å²) in [6, 6.07) is 23.2. The van der Waals surface area contributed by atoms with Crippen LogP contribution in [0, 0.1) is 0 Å². The average Bonchev–Trinajstić information content (AvgIpc) is 3.27. The first-order chi connectivity index (χ1) is 16.1. The van der Waals surface area contributed by atoms with E-state index < -0.39 is 5.97 Å². The number of amides is 1. The minimum Gasteiger partial charge on any atom is -0.495 e. The van der Waals surface area contributed by atoms with E-state index in [1.807, 2.05) is 59.2 Å². The molecule has 4 aromatic rings. The molecule has 9 heteroatoms. The monoisotopic (exact) mass is 460 g/mol. The summed E-state index contributed by atoms with van der Waals surface area (Å²) >= 11 is 1.22. The molecule has 0 saturated heterocycles. The highest BCUT2D eigenvalue weighted by molar-refractivity contribution is 7.99. The third kappa shape index (κ3) is 5.04. The molecule has 1 amide bonds. The predicted octanol–water partition coefficient (Wildman–Crippen LogP) is 4.37. The van der Waals surface area contributed by atoms with Gasteiger partial charge in [0.05, 0.1) is 24.1 Å². The molecular formula is C24H20N4O4S. The van der Waals surface area contributed by atoms with Gasteiger partial charge in [0.15, 0.2) is 11.0 Å². The van der Waals surface area contributed by atoms with Gasteiger partial charge in [0.25, 0.3) is 0 Å². The van der Waals surface area contributed by atoms with Gasteiger partial charge in [0, 0.05) is 11.3 Å². The summed E-state index contributed by atoms with van der Waals surface area (Å²) in [5.41, 5.74) is 2.14. The first-order valence-electron chi connectivity index (χ1n) is 9.97. The van der Waals surface area contributed by atoms with Gasteiger partial charge in [-0.3, -0.25) is 9.36 Å². The lowest BCUT2D eigenvalue weighted by Gasteiger charge is -2.14. The molecule has 166 valence electrons. The first kappa shape index (κ1) is 22.1. The van der Waals surface area contributed by atoms with E-state index >= 15 is 0 Å². The van der Waals surface area contributed by atoms with Crippen molar-refractivity contribution in [3.8, 4) is 22.8 Å². The molecule has 0 radical (unpaired) electrons. The third-order valence-electron chi connectivity index (χ3n) is 4.72. The Bertz CT molecular complexity index is 1290. The zero-order chi connectivity index (χ0) is 23.2. The number of aromatic carboxylic acids is 1. The standard InChI is InChI=1S/C24H20N4O4S/c1-32-20-13-6-5-12-19(20)28-22(16-8-3-2-4-9-16)26-27-24(28)33-15-21(29)25-18-11-7-10-17(14-18)23(30)31/h2-14H,15H2,1H3,(H,25,29)(H,30,31). The summed E-state index contributed by atoms with van der Waals surface area (Å²) in [5.74, 6) is -0.0278. The number of carboxylic acid groups (broad SMARTS) is 1. The number of carbonyl (C=O) groups excluding carboxylic acids is 1. The molecule has 0 fully saturated rings. The summed E-state index contributed by atoms with van der Waals surface area (Å²) in [7, 11) is 1.59. The van der Waals surface area contributed by atoms with Gasteiger partial charge < -0.3 is 15.2 Å². The van der Waals surface area contributed by atoms with E-state index in [0.717, 1.165) is 11.3 Å². The molecule has 2 N–H and O–H groups in total. The van der Waals surface area contributed by atoms with E-state index in [1.165, 1.54) is 23.9 Å². The van der Waals surface area contributed by atoms with Gasteiger partial charge in [-0.1, -0.05) is 60.3 Å². The molecule has 4 rings (SSSR count). The number of thioether (sulfide) groups is 1. The number of anilines is 1. The minimum absolute atomic E-state index is 0.0549. The van der Waals surface area contributed by atoms with Gasteiger partial charge in [-0.15, -0.1) is 10.2 Å². The predicted molar refractivity (Wildman–Crippen MR) is 126 cm³/mol. The summed E-state index contributed by atoms with van der Waals surface area (Å²) in [5, 5.41) is 21.1. The van der Waals surface area contributed by atoms with Crippen molar-refractivity contribution in [2.75, 3.05) is 18.2 Å². The minimum atomic E-state index is -1.06. The molecule has 0 aliphatic rings. The zero-order valence-electron chi connectivity index (χ0n) is 17.6. The van der Waals surface area contributed by atoms with Crippen LogP contribution in [0.2, 0.25) is 0 Å². The number of aromatic nitrogens is 3.